The van der Waals surface area contributed by atoms with Gasteiger partial charge in [-0.2, -0.15) is 0 Å². The zero-order valence-corrected chi connectivity index (χ0v) is 15.6. The molecule has 0 amide bonds. The molecular weight excluding hydrogens is 394 g/mol. The molecule has 0 bridgehead atoms. The Balaban J connectivity index is 1.90. The Hall–Kier alpha value is -1.90. The van der Waals surface area contributed by atoms with Crippen LogP contribution in [0.5, 0.6) is 5.75 Å². The Morgan fingerprint density at radius 2 is 2.00 bits per heavy atom. The monoisotopic (exact) mass is 409 g/mol. The van der Waals surface area contributed by atoms with Gasteiger partial charge in [0.15, 0.2) is 0 Å². The van der Waals surface area contributed by atoms with Gasteiger partial charge in [0, 0.05) is 11.5 Å². The van der Waals surface area contributed by atoms with Gasteiger partial charge in [0.25, 0.3) is 0 Å². The van der Waals surface area contributed by atoms with Crippen LogP contribution in [-0.2, 0) is 23.6 Å². The van der Waals surface area contributed by atoms with Gasteiger partial charge >= 0.3 is 0 Å². The van der Waals surface area contributed by atoms with Crippen LogP contribution in [0.15, 0.2) is 51.8 Å². The highest BCUT2D eigenvalue weighted by atomic mass is 79.9. The summed E-state index contributed by atoms with van der Waals surface area (Å²) in [6, 6.07) is 12.5. The predicted molar refractivity (Wildman–Crippen MR) is 95.4 cm³/mol. The van der Waals surface area contributed by atoms with Crippen molar-refractivity contribution in [3.63, 3.8) is 0 Å². The van der Waals surface area contributed by atoms with Gasteiger partial charge in [0.1, 0.15) is 16.5 Å². The van der Waals surface area contributed by atoms with Gasteiger partial charge in [0.05, 0.1) is 24.7 Å². The summed E-state index contributed by atoms with van der Waals surface area (Å²) >= 11 is 3.28. The number of nitrogens with zero attached hydrogens (tertiary/aromatic N) is 2. The first-order valence-electron chi connectivity index (χ1n) is 7.16. The largest absolute Gasteiger partial charge is 0.495 e. The molecular formula is C16H16BrN3O3S. The highest BCUT2D eigenvalue weighted by Crippen LogP contribution is 2.27. The number of sulfonamides is 1. The lowest BCUT2D eigenvalue weighted by atomic mass is 10.3. The molecule has 1 heterocycles. The standard InChI is InChI=1S/C16H16BrN3O3S/c1-20-13-6-4-3-5-12(13)19-16(20)10-18-24(21,22)15-9-11(17)7-8-14(15)23-2/h3-9,18H,10H2,1-2H3. The first-order chi connectivity index (χ1) is 11.4. The molecule has 3 rings (SSSR count). The molecule has 126 valence electrons. The Morgan fingerprint density at radius 3 is 2.71 bits per heavy atom. The molecule has 3 aromatic rings. The first-order valence-corrected chi connectivity index (χ1v) is 9.43. The molecule has 6 nitrogen and oxygen atoms in total. The van der Waals surface area contributed by atoms with E-state index in [-0.39, 0.29) is 17.2 Å². The second-order valence-corrected chi connectivity index (χ2v) is 7.85. The number of halogens is 1. The third-order valence-electron chi connectivity index (χ3n) is 3.72. The van der Waals surface area contributed by atoms with E-state index < -0.39 is 10.0 Å². The van der Waals surface area contributed by atoms with E-state index in [1.54, 1.807) is 12.1 Å². The Kier molecular flexibility index (Phi) is 4.62. The average Bonchev–Trinajstić information content (AvgIpc) is 2.90. The number of para-hydroxylation sites is 2. The van der Waals surface area contributed by atoms with Crippen LogP contribution in [0, 0.1) is 0 Å². The van der Waals surface area contributed by atoms with Crippen molar-refractivity contribution in [3.05, 3.63) is 52.8 Å². The summed E-state index contributed by atoms with van der Waals surface area (Å²) in [7, 11) is -0.438. The maximum atomic E-state index is 12.6. The van der Waals surface area contributed by atoms with Crippen LogP contribution in [0.4, 0.5) is 0 Å². The third-order valence-corrected chi connectivity index (χ3v) is 5.63. The smallest absolute Gasteiger partial charge is 0.244 e. The summed E-state index contributed by atoms with van der Waals surface area (Å²) in [5, 5.41) is 0. The molecule has 0 saturated heterocycles. The summed E-state index contributed by atoms with van der Waals surface area (Å²) in [5.41, 5.74) is 1.78. The van der Waals surface area contributed by atoms with Crippen molar-refractivity contribution in [1.29, 1.82) is 0 Å². The van der Waals surface area contributed by atoms with Gasteiger partial charge in [-0.25, -0.2) is 18.1 Å². The number of ether oxygens (including phenoxy) is 1. The fraction of sp³-hybridized carbons (Fsp3) is 0.188. The second kappa shape index (κ2) is 6.54. The molecule has 1 aromatic heterocycles. The number of benzene rings is 2. The maximum Gasteiger partial charge on any atom is 0.244 e. The lowest BCUT2D eigenvalue weighted by molar-refractivity contribution is 0.402. The molecule has 0 fully saturated rings. The average molecular weight is 410 g/mol. The zero-order valence-electron chi connectivity index (χ0n) is 13.2. The first kappa shape index (κ1) is 16.9. The molecule has 8 heteroatoms. The van der Waals surface area contributed by atoms with Crippen molar-refractivity contribution in [3.8, 4) is 5.75 Å². The van der Waals surface area contributed by atoms with Crippen molar-refractivity contribution in [2.24, 2.45) is 7.05 Å². The van der Waals surface area contributed by atoms with Gasteiger partial charge < -0.3 is 9.30 Å². The molecule has 0 aliphatic carbocycles. The predicted octanol–water partition coefficient (Wildman–Crippen LogP) is 2.82. The molecule has 0 radical (unpaired) electrons. The number of aryl methyl sites for hydroxylation is 1. The van der Waals surface area contributed by atoms with E-state index in [1.165, 1.54) is 13.2 Å². The third kappa shape index (κ3) is 3.17. The van der Waals surface area contributed by atoms with Crippen LogP contribution in [0.3, 0.4) is 0 Å². The van der Waals surface area contributed by atoms with E-state index in [0.29, 0.717) is 10.3 Å². The van der Waals surface area contributed by atoms with E-state index in [2.05, 4.69) is 25.6 Å². The minimum atomic E-state index is -3.74. The molecule has 1 N–H and O–H groups in total. The van der Waals surface area contributed by atoms with Gasteiger partial charge in [-0.1, -0.05) is 28.1 Å². The number of methoxy groups -OCH3 is 1. The maximum absolute atomic E-state index is 12.6. The Bertz CT molecular complexity index is 999. The Morgan fingerprint density at radius 1 is 1.25 bits per heavy atom. The summed E-state index contributed by atoms with van der Waals surface area (Å²) < 4.78 is 35.5. The normalized spacial score (nSPS) is 11.8. The van der Waals surface area contributed by atoms with Gasteiger partial charge in [-0.05, 0) is 30.3 Å². The fourth-order valence-electron chi connectivity index (χ4n) is 2.45. The van der Waals surface area contributed by atoms with Crippen molar-refractivity contribution < 1.29 is 13.2 Å². The summed E-state index contributed by atoms with van der Waals surface area (Å²) in [4.78, 5) is 4.55. The molecule has 0 atom stereocenters. The van der Waals surface area contributed by atoms with Crippen LogP contribution in [0.25, 0.3) is 11.0 Å². The molecule has 0 spiro atoms. The number of rotatable bonds is 5. The number of hydrogen-bond acceptors (Lipinski definition) is 4. The number of imidazole rings is 1. The van der Waals surface area contributed by atoms with E-state index in [0.717, 1.165) is 11.0 Å². The van der Waals surface area contributed by atoms with Gasteiger partial charge in [0.2, 0.25) is 10.0 Å². The van der Waals surface area contributed by atoms with E-state index in [9.17, 15) is 8.42 Å². The number of nitrogens with one attached hydrogen (secondary N) is 1. The highest BCUT2D eigenvalue weighted by Gasteiger charge is 2.20. The number of hydrogen-bond donors (Lipinski definition) is 1. The van der Waals surface area contributed by atoms with E-state index in [4.69, 9.17) is 4.74 Å². The minimum absolute atomic E-state index is 0.0816. The molecule has 24 heavy (non-hydrogen) atoms. The lowest BCUT2D eigenvalue weighted by Gasteiger charge is -2.11. The van der Waals surface area contributed by atoms with Crippen molar-refractivity contribution >= 4 is 37.0 Å². The summed E-state index contributed by atoms with van der Waals surface area (Å²) in [6.45, 7) is 0.0865. The molecule has 2 aromatic carbocycles. The molecule has 0 unspecified atom stereocenters. The second-order valence-electron chi connectivity index (χ2n) is 5.20. The van der Waals surface area contributed by atoms with Crippen LogP contribution < -0.4 is 9.46 Å². The molecule has 0 aliphatic rings. The lowest BCUT2D eigenvalue weighted by Crippen LogP contribution is -2.25. The van der Waals surface area contributed by atoms with Crippen LogP contribution in [-0.4, -0.2) is 25.1 Å². The van der Waals surface area contributed by atoms with Crippen molar-refractivity contribution in [2.45, 2.75) is 11.4 Å². The Labute approximate surface area is 148 Å². The molecule has 0 aliphatic heterocycles. The number of aromatic nitrogens is 2. The summed E-state index contributed by atoms with van der Waals surface area (Å²) in [6.07, 6.45) is 0. The quantitative estimate of drug-likeness (QED) is 0.702. The summed E-state index contributed by atoms with van der Waals surface area (Å²) in [5.74, 6) is 0.921. The topological polar surface area (TPSA) is 73.2 Å². The highest BCUT2D eigenvalue weighted by molar-refractivity contribution is 9.10. The fourth-order valence-corrected chi connectivity index (χ4v) is 4.14. The van der Waals surface area contributed by atoms with Gasteiger partial charge in [-0.15, -0.1) is 0 Å². The zero-order chi connectivity index (χ0) is 17.3. The van der Waals surface area contributed by atoms with Gasteiger partial charge in [-0.3, -0.25) is 0 Å². The van der Waals surface area contributed by atoms with E-state index in [1.807, 2.05) is 35.9 Å². The van der Waals surface area contributed by atoms with Crippen LogP contribution in [0.1, 0.15) is 5.82 Å². The minimum Gasteiger partial charge on any atom is -0.495 e. The van der Waals surface area contributed by atoms with Crippen LogP contribution >= 0.6 is 15.9 Å². The molecule has 0 saturated carbocycles. The number of fused-ring (bicyclic) bond motifs is 1. The van der Waals surface area contributed by atoms with Crippen LogP contribution in [0.2, 0.25) is 0 Å². The SMILES string of the molecule is COc1ccc(Br)cc1S(=O)(=O)NCc1nc2ccccc2n1C. The van der Waals surface area contributed by atoms with Crippen molar-refractivity contribution in [2.75, 3.05) is 7.11 Å². The van der Waals surface area contributed by atoms with E-state index >= 15 is 0 Å². The van der Waals surface area contributed by atoms with Crippen molar-refractivity contribution in [1.82, 2.24) is 14.3 Å².